The Bertz CT molecular complexity index is 4140. The third kappa shape index (κ3) is 36.4. The number of cyclic esters (lactones) is 4. The number of aliphatic hydroxyl groups is 8. The Hall–Kier alpha value is -6.23. The number of piperidine rings is 1. The molecule has 0 aliphatic carbocycles. The fraction of sp³-hybridized carbons (Fsp3) is 0.893. The predicted molar refractivity (Wildman–Crippen MR) is 573 cm³/mol. The van der Waals surface area contributed by atoms with Crippen LogP contribution in [0.25, 0.3) is 0 Å². The molecule has 6 aliphatic heterocycles. The number of rotatable bonds is 20. The highest BCUT2D eigenvalue weighted by Crippen LogP contribution is 2.45. The molecule has 38 atom stereocenters. The Labute approximate surface area is 888 Å². The maximum Gasteiger partial charge on any atom is 0.316 e. The molecule has 6 heterocycles. The maximum atomic E-state index is 13.3. The fourth-order valence-corrected chi connectivity index (χ4v) is 21.6. The van der Waals surface area contributed by atoms with E-state index in [0.29, 0.717) is 74.8 Å². The standard InChI is InChI=1S/C28H50N2O7.C27H48N2O7.C27H50N2O7.C26H46FNO7.2C2H6/c1-10-22-28(8,34)25(32)18(4)23(30-37-21-12-11-13-29-15-21)16(2)14-27(7,35-9)20(6)17(3)24(31)19(5)26(33)36-22;1-10-21-27(8,33)24(31)17(4)22(29-36-20-11-12-28-14-20)15(2)13-26(7,34-9)19(6)16(3)23(30)18(5)25(32)35-21;1-12-21-27(8,33)24(31)18(4)22(28-35-14-13-29(9)10)16(2)15-26(7,34-11)20(6)17(3)23(30)19(5)25(32)36-21;1-10-20-26(8,32)23(30)17(4)21(28-34-13-11-12-27)15(2)14-25(7,33-9)19(6)16(3)22(29)18(5)24(31)35-20;2*1-2/h16-22,25,29,32,34H,10-15H2,1-9H3;15-21,24,28,31,33H,10-14H2,1-9H3;16-21,24,31,33H,12-15H2,1-11H3;15-20,23,30,32H,10-14H2,1-9H3;2*1-2H3/t16-,17-,18+,19-,20-,21?,22-,25-,27-,28-;15-,16-,17+,18-,19-,20?,21-,24-,26-,27-;16-,17-,18+,19-,20-,21-,24-,26-,27-;15-,16-,17+,18-,19-,20-,23-,25-,26-;;/m1111../s1. The first-order valence-corrected chi connectivity index (χ1v) is 54.9. The first-order valence-electron chi connectivity index (χ1n) is 54.9. The first kappa shape index (κ1) is 140. The van der Waals surface area contributed by atoms with Crippen LogP contribution < -0.4 is 10.6 Å². The molecule has 6 fully saturated rings. The van der Waals surface area contributed by atoms with Gasteiger partial charge in [0.05, 0.1) is 76.3 Å². The molecular weight excluding hydrogens is 1910 g/mol. The number of likely N-dealkylation sites (N-methyl/N-ethyl adjacent to an activating group) is 1. The molecule has 0 saturated carbocycles. The number of oxime groups is 4. The molecule has 0 radical (unpaired) electrons. The van der Waals surface area contributed by atoms with Crippen LogP contribution in [-0.2, 0) is 95.6 Å². The zero-order valence-electron chi connectivity index (χ0n) is 98.8. The monoisotopic (exact) mass is 2120 g/mol. The van der Waals surface area contributed by atoms with E-state index in [4.69, 9.17) is 57.2 Å². The van der Waals surface area contributed by atoms with Gasteiger partial charge in [0.2, 0.25) is 0 Å². The molecule has 6 saturated heterocycles. The maximum absolute atomic E-state index is 13.3. The molecule has 0 amide bonds. The molecule has 0 aromatic carbocycles. The van der Waals surface area contributed by atoms with Crippen LogP contribution in [0, 0.1) is 118 Å². The largest absolute Gasteiger partial charge is 0.459 e. The molecule has 36 heteroatoms. The van der Waals surface area contributed by atoms with E-state index in [9.17, 15) is 83.6 Å². The molecule has 148 heavy (non-hydrogen) atoms. The van der Waals surface area contributed by atoms with Crippen LogP contribution in [0.15, 0.2) is 20.6 Å². The van der Waals surface area contributed by atoms with Gasteiger partial charge in [-0.15, -0.1) is 0 Å². The summed E-state index contributed by atoms with van der Waals surface area (Å²) in [5.74, 6) is -14.2. The zero-order chi connectivity index (χ0) is 115. The molecule has 0 aromatic heterocycles. The van der Waals surface area contributed by atoms with Gasteiger partial charge in [-0.1, -0.05) is 187 Å². The lowest BCUT2D eigenvalue weighted by Gasteiger charge is -2.43. The second-order valence-electron chi connectivity index (χ2n) is 44.8. The number of nitrogens with zero attached hydrogens (tertiary/aromatic N) is 5. The summed E-state index contributed by atoms with van der Waals surface area (Å²) < 4.78 is 58.9. The van der Waals surface area contributed by atoms with Crippen molar-refractivity contribution in [3.8, 4) is 0 Å². The summed E-state index contributed by atoms with van der Waals surface area (Å²) >= 11 is 0. The number of ketones is 4. The van der Waals surface area contributed by atoms with Crippen LogP contribution in [0.5, 0.6) is 0 Å². The number of aliphatic hydroxyl groups excluding tert-OH is 4. The van der Waals surface area contributed by atoms with Gasteiger partial charge in [0.25, 0.3) is 0 Å². The van der Waals surface area contributed by atoms with Crippen molar-refractivity contribution >= 4 is 69.9 Å². The minimum absolute atomic E-state index is 0.0705. The Morgan fingerprint density at radius 1 is 0.358 bits per heavy atom. The van der Waals surface area contributed by atoms with E-state index in [1.807, 2.05) is 151 Å². The second kappa shape index (κ2) is 63.1. The van der Waals surface area contributed by atoms with Gasteiger partial charge < -0.3 is 114 Å². The Morgan fingerprint density at radius 2 is 0.588 bits per heavy atom. The minimum Gasteiger partial charge on any atom is -0.459 e. The average molecular weight is 2120 g/mol. The van der Waals surface area contributed by atoms with Gasteiger partial charge in [-0.05, 0) is 198 Å². The van der Waals surface area contributed by atoms with Crippen LogP contribution in [0.4, 0.5) is 4.39 Å². The quantitative estimate of drug-likeness (QED) is 0.0178. The Balaban J connectivity index is 0.000000975. The lowest BCUT2D eigenvalue weighted by atomic mass is 9.71. The van der Waals surface area contributed by atoms with Crippen molar-refractivity contribution in [3.63, 3.8) is 0 Å². The highest BCUT2D eigenvalue weighted by atomic mass is 19.1. The topological polar surface area (TPSA) is 486 Å². The van der Waals surface area contributed by atoms with Crippen LogP contribution in [-0.4, -0.2) is 317 Å². The van der Waals surface area contributed by atoms with Crippen LogP contribution >= 0.6 is 0 Å². The van der Waals surface area contributed by atoms with Gasteiger partial charge in [0.15, 0.2) is 0 Å². The fourth-order valence-electron chi connectivity index (χ4n) is 21.6. The lowest BCUT2D eigenvalue weighted by Crippen LogP contribution is -2.56. The van der Waals surface area contributed by atoms with Crippen LogP contribution in [0.2, 0.25) is 0 Å². The number of ether oxygens (including phenoxy) is 8. The van der Waals surface area contributed by atoms with E-state index in [1.54, 1.807) is 90.8 Å². The molecular formula is C112H206FN7O28. The van der Waals surface area contributed by atoms with E-state index >= 15 is 0 Å². The number of alkyl halides is 1. The number of hydrogen-bond acceptors (Lipinski definition) is 35. The van der Waals surface area contributed by atoms with Gasteiger partial charge in [-0.2, -0.15) is 0 Å². The number of methoxy groups -OCH3 is 4. The Kier molecular flexibility index (Phi) is 59.6. The van der Waals surface area contributed by atoms with Crippen molar-refractivity contribution in [1.82, 2.24) is 15.5 Å². The molecule has 2 unspecified atom stereocenters. The number of halogens is 1. The van der Waals surface area contributed by atoms with Crippen molar-refractivity contribution in [2.24, 2.45) is 139 Å². The zero-order valence-corrected chi connectivity index (χ0v) is 98.8. The third-order valence-corrected chi connectivity index (χ3v) is 34.0. The summed E-state index contributed by atoms with van der Waals surface area (Å²) in [7, 11) is 10.3. The van der Waals surface area contributed by atoms with Gasteiger partial charge in [-0.25, -0.2) is 0 Å². The van der Waals surface area contributed by atoms with E-state index in [0.717, 1.165) is 32.4 Å². The highest BCUT2D eigenvalue weighted by molar-refractivity contribution is 6.02. The lowest BCUT2D eigenvalue weighted by molar-refractivity contribution is -0.187. The summed E-state index contributed by atoms with van der Waals surface area (Å²) in [5.41, 5.74) is -7.92. The summed E-state index contributed by atoms with van der Waals surface area (Å²) in [4.78, 5) is 130. The van der Waals surface area contributed by atoms with Gasteiger partial charge in [0, 0.05) is 132 Å². The van der Waals surface area contributed by atoms with Crippen molar-refractivity contribution in [3.05, 3.63) is 0 Å². The van der Waals surface area contributed by atoms with E-state index in [2.05, 4.69) is 31.3 Å². The molecule has 0 aromatic rings. The number of carbonyl (C=O) groups excluding carboxylic acids is 8. The first-order chi connectivity index (χ1) is 68.6. The van der Waals surface area contributed by atoms with Crippen LogP contribution in [0.3, 0.4) is 0 Å². The number of hydrogen-bond donors (Lipinski definition) is 10. The summed E-state index contributed by atoms with van der Waals surface area (Å²) in [6, 6.07) is 0. The summed E-state index contributed by atoms with van der Waals surface area (Å²) in [6.45, 7) is 68.4. The molecule has 6 aliphatic rings. The molecule has 864 valence electrons. The predicted octanol–water partition coefficient (Wildman–Crippen LogP) is 14.5. The van der Waals surface area contributed by atoms with Crippen molar-refractivity contribution in [2.75, 3.05) is 95.1 Å². The summed E-state index contributed by atoms with van der Waals surface area (Å²) in [6.07, 6.45) is -3.68. The second-order valence-corrected chi connectivity index (χ2v) is 44.8. The SMILES string of the molecule is CC.CC.CC[C@H]1OC(=O)[C@H](C)C(=O)[C@H](C)[C@@H](C)[C@](C)(OC)C[C@@H](C)C(=NOC2CCCNC2)[C@H](C)[C@@H](O)[C@]1(C)O.CC[C@H]1OC(=O)[C@H](C)C(=O)[C@H](C)[C@@H](C)[C@](C)(OC)C[C@@H](C)C(=NOC2CCNC2)[C@H](C)[C@@H](O)[C@]1(C)O.CC[C@H]1OC(=O)[C@H](C)C(=O)[C@H](C)[C@@H](C)[C@](C)(OC)C[C@@H](C)C(=NOCCCF)[C@H](C)[C@@H](O)[C@]1(C)O.CC[C@H]1OC(=O)[C@H](C)C(=O)[C@H](C)[C@@H](C)[C@](C)(OC)C[C@@H](C)C(=NOCCN(C)C)[C@H](C)[C@@H](O)[C@]1(C)O. The Morgan fingerprint density at radius 3 is 0.791 bits per heavy atom. The highest BCUT2D eigenvalue weighted by Gasteiger charge is 2.56. The number of esters is 4. The van der Waals surface area contributed by atoms with E-state index in [-0.39, 0.29) is 121 Å². The van der Waals surface area contributed by atoms with Crippen molar-refractivity contribution in [1.29, 1.82) is 0 Å². The van der Waals surface area contributed by atoms with Crippen LogP contribution in [0.1, 0.15) is 326 Å². The summed E-state index contributed by atoms with van der Waals surface area (Å²) in [5, 5.41) is 115. The molecule has 0 spiro atoms. The third-order valence-electron chi connectivity index (χ3n) is 34.0. The normalized spacial score (nSPS) is 41.7. The van der Waals surface area contributed by atoms with Gasteiger partial charge in [-0.3, -0.25) is 42.7 Å². The smallest absolute Gasteiger partial charge is 0.316 e. The molecule has 10 N–H and O–H groups in total. The minimum atomic E-state index is -1.83. The van der Waals surface area contributed by atoms with E-state index < -0.39 is 195 Å². The molecule has 0 bridgehead atoms. The van der Waals surface area contributed by atoms with Crippen molar-refractivity contribution in [2.45, 2.75) is 432 Å². The van der Waals surface area contributed by atoms with Gasteiger partial charge in [0.1, 0.15) is 119 Å². The van der Waals surface area contributed by atoms with E-state index in [1.165, 1.54) is 55.4 Å². The number of carbonyl (C=O) groups is 8. The van der Waals surface area contributed by atoms with Gasteiger partial charge >= 0.3 is 23.9 Å². The number of Topliss-reactive ketones (excluding diaryl/α,β-unsaturated/α-hetero) is 4. The number of nitrogens with one attached hydrogen (secondary N) is 2. The molecule has 35 nitrogen and oxygen atoms in total. The average Bonchev–Trinajstić information content (AvgIpc) is 0.941. The van der Waals surface area contributed by atoms with Crippen molar-refractivity contribution < 1.29 is 141 Å². The molecule has 6 rings (SSSR count).